The summed E-state index contributed by atoms with van der Waals surface area (Å²) in [5.74, 6) is 6.92. The Bertz CT molecular complexity index is 818. The number of hydrazine groups is 1. The Kier molecular flexibility index (Phi) is 3.67. The number of halogens is 1. The molecule has 3 N–H and O–H groups in total. The van der Waals surface area contributed by atoms with Crippen LogP contribution >= 0.6 is 22.9 Å². The van der Waals surface area contributed by atoms with E-state index in [-0.39, 0.29) is 0 Å². The van der Waals surface area contributed by atoms with Gasteiger partial charge in [0.1, 0.15) is 10.6 Å². The number of hydrogen-bond acceptors (Lipinski definition) is 6. The Hall–Kier alpha value is -1.89. The van der Waals surface area contributed by atoms with Gasteiger partial charge in [-0.1, -0.05) is 11.6 Å². The number of hydrogen-bond donors (Lipinski definition) is 2. The number of fused-ring (bicyclic) bond motifs is 1. The van der Waals surface area contributed by atoms with Crippen molar-refractivity contribution in [2.75, 3.05) is 5.43 Å². The highest BCUT2D eigenvalue weighted by atomic mass is 35.5. The first-order valence-corrected chi connectivity index (χ1v) is 7.45. The predicted molar refractivity (Wildman–Crippen MR) is 86.2 cm³/mol. The van der Waals surface area contributed by atoms with Gasteiger partial charge in [0.05, 0.1) is 5.39 Å². The quantitative estimate of drug-likeness (QED) is 0.563. The van der Waals surface area contributed by atoms with Gasteiger partial charge in [-0.15, -0.1) is 11.3 Å². The zero-order valence-corrected chi connectivity index (χ0v) is 13.0. The second kappa shape index (κ2) is 5.48. The Labute approximate surface area is 130 Å². The lowest BCUT2D eigenvalue weighted by atomic mass is 10.2. The van der Waals surface area contributed by atoms with Crippen LogP contribution in [0.15, 0.2) is 24.3 Å². The lowest BCUT2D eigenvalue weighted by Gasteiger charge is -2.10. The number of benzene rings is 1. The first kappa shape index (κ1) is 14.1. The molecule has 108 valence electrons. The summed E-state index contributed by atoms with van der Waals surface area (Å²) in [5.41, 5.74) is 3.40. The zero-order chi connectivity index (χ0) is 15.0. The van der Waals surface area contributed by atoms with Crippen molar-refractivity contribution >= 4 is 39.1 Å². The number of aromatic nitrogens is 2. The van der Waals surface area contributed by atoms with E-state index in [0.29, 0.717) is 22.6 Å². The van der Waals surface area contributed by atoms with E-state index in [9.17, 15) is 0 Å². The molecule has 0 atom stereocenters. The lowest BCUT2D eigenvalue weighted by Crippen LogP contribution is -2.10. The number of anilines is 1. The highest BCUT2D eigenvalue weighted by Gasteiger charge is 2.13. The minimum atomic E-state index is 0.325. The van der Waals surface area contributed by atoms with E-state index in [4.69, 9.17) is 22.2 Å². The molecule has 0 aliphatic carbocycles. The first-order chi connectivity index (χ1) is 10.1. The van der Waals surface area contributed by atoms with Gasteiger partial charge in [-0.05, 0) is 43.7 Å². The van der Waals surface area contributed by atoms with Crippen LogP contribution in [0.1, 0.15) is 10.4 Å². The first-order valence-electron chi connectivity index (χ1n) is 6.25. The van der Waals surface area contributed by atoms with E-state index >= 15 is 0 Å². The third-order valence-electron chi connectivity index (χ3n) is 2.95. The molecule has 2 aromatic heterocycles. The monoisotopic (exact) mass is 320 g/mol. The van der Waals surface area contributed by atoms with Crippen LogP contribution in [0.4, 0.5) is 5.95 Å². The summed E-state index contributed by atoms with van der Waals surface area (Å²) in [6.45, 7) is 3.94. The Morgan fingerprint density at radius 1 is 1.24 bits per heavy atom. The van der Waals surface area contributed by atoms with Gasteiger partial charge in [-0.25, -0.2) is 10.8 Å². The van der Waals surface area contributed by atoms with Crippen LogP contribution in [0.5, 0.6) is 11.6 Å². The van der Waals surface area contributed by atoms with E-state index in [0.717, 1.165) is 20.7 Å². The van der Waals surface area contributed by atoms with Crippen molar-refractivity contribution in [3.8, 4) is 11.6 Å². The smallest absolute Gasteiger partial charge is 0.241 e. The highest BCUT2D eigenvalue weighted by molar-refractivity contribution is 7.18. The fourth-order valence-corrected chi connectivity index (χ4v) is 3.09. The Morgan fingerprint density at radius 2 is 2.05 bits per heavy atom. The van der Waals surface area contributed by atoms with Crippen molar-refractivity contribution in [3.63, 3.8) is 0 Å². The van der Waals surface area contributed by atoms with Crippen LogP contribution in [0.25, 0.3) is 10.2 Å². The van der Waals surface area contributed by atoms with Crippen molar-refractivity contribution in [2.24, 2.45) is 5.84 Å². The summed E-state index contributed by atoms with van der Waals surface area (Å²) in [6, 6.07) is 7.45. The second-order valence-electron chi connectivity index (χ2n) is 4.58. The number of nitrogen functional groups attached to an aromatic ring is 1. The summed E-state index contributed by atoms with van der Waals surface area (Å²) < 4.78 is 5.93. The van der Waals surface area contributed by atoms with Gasteiger partial charge in [-0.2, -0.15) is 4.98 Å². The molecule has 3 rings (SSSR count). The van der Waals surface area contributed by atoms with Gasteiger partial charge in [0.15, 0.2) is 0 Å². The number of nitrogens with one attached hydrogen (secondary N) is 1. The molecule has 21 heavy (non-hydrogen) atoms. The second-order valence-corrected chi connectivity index (χ2v) is 6.26. The van der Waals surface area contributed by atoms with E-state index in [2.05, 4.69) is 15.4 Å². The molecule has 2 heterocycles. The zero-order valence-electron chi connectivity index (χ0n) is 11.5. The molecule has 0 fully saturated rings. The van der Waals surface area contributed by atoms with Crippen molar-refractivity contribution in [1.29, 1.82) is 0 Å². The summed E-state index contributed by atoms with van der Waals surface area (Å²) in [7, 11) is 0. The number of nitrogens with two attached hydrogens (primary N) is 1. The fraction of sp³-hybridized carbons (Fsp3) is 0.143. The maximum Gasteiger partial charge on any atom is 0.241 e. The summed E-state index contributed by atoms with van der Waals surface area (Å²) in [5, 5.41) is 1.54. The molecule has 0 radical (unpaired) electrons. The highest BCUT2D eigenvalue weighted by Crippen LogP contribution is 2.34. The van der Waals surface area contributed by atoms with Crippen molar-refractivity contribution in [1.82, 2.24) is 9.97 Å². The van der Waals surface area contributed by atoms with Gasteiger partial charge >= 0.3 is 0 Å². The lowest BCUT2D eigenvalue weighted by molar-refractivity contribution is 0.465. The predicted octanol–water partition coefficient (Wildman–Crippen LogP) is 4.04. The maximum absolute atomic E-state index is 5.96. The minimum Gasteiger partial charge on any atom is -0.438 e. The molecule has 0 aliphatic heterocycles. The molecule has 5 nitrogen and oxygen atoms in total. The number of aryl methyl sites for hydroxylation is 2. The minimum absolute atomic E-state index is 0.325. The average molecular weight is 321 g/mol. The Morgan fingerprint density at radius 3 is 2.76 bits per heavy atom. The molecule has 0 unspecified atom stereocenters. The van der Waals surface area contributed by atoms with E-state index in [1.807, 2.05) is 32.0 Å². The third-order valence-corrected chi connectivity index (χ3v) is 4.13. The van der Waals surface area contributed by atoms with Crippen LogP contribution in [0.3, 0.4) is 0 Å². The van der Waals surface area contributed by atoms with Crippen LogP contribution in [0, 0.1) is 13.8 Å². The molecule has 0 amide bonds. The topological polar surface area (TPSA) is 73.1 Å². The molecule has 0 spiro atoms. The number of thiophene rings is 1. The van der Waals surface area contributed by atoms with Crippen molar-refractivity contribution < 1.29 is 4.74 Å². The summed E-state index contributed by atoms with van der Waals surface area (Å²) >= 11 is 7.53. The van der Waals surface area contributed by atoms with Gasteiger partial charge in [0.2, 0.25) is 11.8 Å². The molecule has 0 aliphatic rings. The number of ether oxygens (including phenoxy) is 1. The van der Waals surface area contributed by atoms with Crippen LogP contribution in [-0.4, -0.2) is 9.97 Å². The Balaban J connectivity index is 2.10. The van der Waals surface area contributed by atoms with E-state index in [1.54, 1.807) is 17.4 Å². The molecule has 7 heteroatoms. The van der Waals surface area contributed by atoms with Crippen LogP contribution < -0.4 is 16.0 Å². The molecule has 1 aromatic carbocycles. The molecule has 0 saturated carbocycles. The van der Waals surface area contributed by atoms with Crippen molar-refractivity contribution in [3.05, 3.63) is 39.7 Å². The normalized spacial score (nSPS) is 10.9. The maximum atomic E-state index is 5.96. The SMILES string of the molecule is Cc1cc2c(Oc3ccc(Cl)cc3C)nc(NN)nc2s1. The number of nitrogens with zero attached hydrogens (tertiary/aromatic N) is 2. The average Bonchev–Trinajstić information content (AvgIpc) is 2.82. The standard InChI is InChI=1S/C14H13ClN4OS/c1-7-5-9(15)3-4-11(7)20-12-10-6-8(2)21-13(10)18-14(17-12)19-16/h3-6H,16H2,1-2H3,(H,17,18,19). The molecular weight excluding hydrogens is 308 g/mol. The van der Waals surface area contributed by atoms with Gasteiger partial charge in [0, 0.05) is 9.90 Å². The van der Waals surface area contributed by atoms with Gasteiger partial charge < -0.3 is 4.74 Å². The van der Waals surface area contributed by atoms with Crippen LogP contribution in [-0.2, 0) is 0 Å². The largest absolute Gasteiger partial charge is 0.438 e. The molecule has 0 bridgehead atoms. The van der Waals surface area contributed by atoms with Gasteiger partial charge in [0.25, 0.3) is 0 Å². The fourth-order valence-electron chi connectivity index (χ4n) is 1.99. The van der Waals surface area contributed by atoms with Crippen LogP contribution in [0.2, 0.25) is 5.02 Å². The number of rotatable bonds is 3. The summed E-state index contributed by atoms with van der Waals surface area (Å²) in [4.78, 5) is 10.6. The van der Waals surface area contributed by atoms with E-state index in [1.165, 1.54) is 0 Å². The molecule has 0 saturated heterocycles. The third kappa shape index (κ3) is 2.78. The molecule has 3 aromatic rings. The summed E-state index contributed by atoms with van der Waals surface area (Å²) in [6.07, 6.45) is 0. The van der Waals surface area contributed by atoms with Gasteiger partial charge in [-0.3, -0.25) is 5.43 Å². The molecular formula is C14H13ClN4OS. The van der Waals surface area contributed by atoms with E-state index < -0.39 is 0 Å². The van der Waals surface area contributed by atoms with Crippen molar-refractivity contribution in [2.45, 2.75) is 13.8 Å².